The zero-order valence-electron chi connectivity index (χ0n) is 5.82. The van der Waals surface area contributed by atoms with E-state index in [0.29, 0.717) is 5.92 Å². The minimum atomic E-state index is 0.523. The fourth-order valence-electron chi connectivity index (χ4n) is 0.747. The van der Waals surface area contributed by atoms with Crippen molar-refractivity contribution in [1.29, 1.82) is 0 Å². The molecule has 1 aromatic heterocycles. The maximum Gasteiger partial charge on any atom is 0.0974 e. The Hall–Kier alpha value is 0.470. The number of halogens is 2. The van der Waals surface area contributed by atoms with Crippen LogP contribution in [-0.4, -0.2) is 0 Å². The first-order chi connectivity index (χ1) is 4.61. The Labute approximate surface area is 78.3 Å². The predicted molar refractivity (Wildman–Crippen MR) is 51.1 cm³/mol. The molecular formula is C7H8BrClS. The van der Waals surface area contributed by atoms with E-state index < -0.39 is 0 Å². The quantitative estimate of drug-likeness (QED) is 0.686. The molecule has 0 aliphatic carbocycles. The Morgan fingerprint density at radius 3 is 2.40 bits per heavy atom. The average Bonchev–Trinajstić information content (AvgIpc) is 2.10. The Bertz CT molecular complexity index is 230. The molecule has 0 unspecified atom stereocenters. The molecule has 10 heavy (non-hydrogen) atoms. The van der Waals surface area contributed by atoms with Gasteiger partial charge in [-0.3, -0.25) is 0 Å². The molecule has 0 atom stereocenters. The van der Waals surface area contributed by atoms with Crippen molar-refractivity contribution in [1.82, 2.24) is 0 Å². The van der Waals surface area contributed by atoms with Crippen LogP contribution in [0.5, 0.6) is 0 Å². The lowest BCUT2D eigenvalue weighted by Gasteiger charge is -1.99. The Morgan fingerprint density at radius 1 is 1.60 bits per heavy atom. The van der Waals surface area contributed by atoms with E-state index in [1.54, 1.807) is 11.3 Å². The van der Waals surface area contributed by atoms with Crippen LogP contribution in [0.15, 0.2) is 9.85 Å². The SMILES string of the molecule is CC(C)c1cc(Br)sc1Cl. The van der Waals surface area contributed by atoms with E-state index in [1.807, 2.05) is 0 Å². The van der Waals surface area contributed by atoms with E-state index in [9.17, 15) is 0 Å². The van der Waals surface area contributed by atoms with Crippen LogP contribution in [0, 0.1) is 0 Å². The number of rotatable bonds is 1. The van der Waals surface area contributed by atoms with Crippen LogP contribution in [-0.2, 0) is 0 Å². The third-order valence-electron chi connectivity index (χ3n) is 1.31. The molecular weight excluding hydrogens is 232 g/mol. The van der Waals surface area contributed by atoms with Crippen molar-refractivity contribution in [3.05, 3.63) is 19.8 Å². The number of thiophene rings is 1. The van der Waals surface area contributed by atoms with Crippen molar-refractivity contribution < 1.29 is 0 Å². The largest absolute Gasteiger partial charge is 0.116 e. The molecule has 56 valence electrons. The predicted octanol–water partition coefficient (Wildman–Crippen LogP) is 4.29. The fourth-order valence-corrected chi connectivity index (χ4v) is 3.05. The molecule has 0 spiro atoms. The molecule has 0 aromatic carbocycles. The van der Waals surface area contributed by atoms with Gasteiger partial charge in [-0.25, -0.2) is 0 Å². The summed E-state index contributed by atoms with van der Waals surface area (Å²) in [5.74, 6) is 0.523. The highest BCUT2D eigenvalue weighted by molar-refractivity contribution is 9.11. The molecule has 0 aliphatic heterocycles. The minimum Gasteiger partial charge on any atom is -0.116 e. The van der Waals surface area contributed by atoms with Gasteiger partial charge in [0.25, 0.3) is 0 Å². The fraction of sp³-hybridized carbons (Fsp3) is 0.429. The first-order valence-corrected chi connectivity index (χ1v) is 5.04. The summed E-state index contributed by atoms with van der Waals surface area (Å²) in [4.78, 5) is 0. The molecule has 1 heterocycles. The molecule has 0 N–H and O–H groups in total. The van der Waals surface area contributed by atoms with Crippen LogP contribution in [0.1, 0.15) is 25.3 Å². The highest BCUT2D eigenvalue weighted by Crippen LogP contribution is 2.35. The first kappa shape index (κ1) is 8.57. The molecule has 1 rings (SSSR count). The summed E-state index contributed by atoms with van der Waals surface area (Å²) in [5, 5.41) is 0. The lowest BCUT2D eigenvalue weighted by molar-refractivity contribution is 0.872. The smallest absolute Gasteiger partial charge is 0.0974 e. The standard InChI is InChI=1S/C7H8BrClS/c1-4(2)5-3-6(8)10-7(5)9/h3-4H,1-2H3. The van der Waals surface area contributed by atoms with Gasteiger partial charge in [0.2, 0.25) is 0 Å². The van der Waals surface area contributed by atoms with Crippen molar-refractivity contribution in [2.24, 2.45) is 0 Å². The molecule has 0 saturated heterocycles. The average molecular weight is 240 g/mol. The van der Waals surface area contributed by atoms with Crippen molar-refractivity contribution in [2.75, 3.05) is 0 Å². The van der Waals surface area contributed by atoms with E-state index in [2.05, 4.69) is 35.8 Å². The van der Waals surface area contributed by atoms with Gasteiger partial charge < -0.3 is 0 Å². The molecule has 3 heteroatoms. The molecule has 1 aromatic rings. The van der Waals surface area contributed by atoms with Crippen LogP contribution in [0.4, 0.5) is 0 Å². The second-order valence-corrected chi connectivity index (χ2v) is 5.47. The van der Waals surface area contributed by atoms with Crippen LogP contribution in [0.25, 0.3) is 0 Å². The van der Waals surface area contributed by atoms with Gasteiger partial charge in [0.1, 0.15) is 0 Å². The summed E-state index contributed by atoms with van der Waals surface area (Å²) in [6.45, 7) is 4.28. The molecule has 0 aliphatic rings. The summed E-state index contributed by atoms with van der Waals surface area (Å²) in [7, 11) is 0. The Morgan fingerprint density at radius 2 is 2.20 bits per heavy atom. The zero-order valence-corrected chi connectivity index (χ0v) is 8.98. The summed E-state index contributed by atoms with van der Waals surface area (Å²) in [5.41, 5.74) is 1.23. The van der Waals surface area contributed by atoms with Crippen molar-refractivity contribution in [2.45, 2.75) is 19.8 Å². The van der Waals surface area contributed by atoms with E-state index in [1.165, 1.54) is 5.56 Å². The summed E-state index contributed by atoms with van der Waals surface area (Å²) in [6.07, 6.45) is 0. The molecule has 0 nitrogen and oxygen atoms in total. The van der Waals surface area contributed by atoms with Gasteiger partial charge in [-0.05, 0) is 33.5 Å². The van der Waals surface area contributed by atoms with Crippen LogP contribution in [0.3, 0.4) is 0 Å². The van der Waals surface area contributed by atoms with Crippen LogP contribution < -0.4 is 0 Å². The van der Waals surface area contributed by atoms with Gasteiger partial charge in [0.15, 0.2) is 0 Å². The highest BCUT2D eigenvalue weighted by Gasteiger charge is 2.07. The Kier molecular flexibility index (Phi) is 2.78. The monoisotopic (exact) mass is 238 g/mol. The molecule has 0 fully saturated rings. The Balaban J connectivity index is 3.03. The van der Waals surface area contributed by atoms with E-state index in [-0.39, 0.29) is 0 Å². The van der Waals surface area contributed by atoms with Crippen LogP contribution in [0.2, 0.25) is 4.34 Å². The van der Waals surface area contributed by atoms with E-state index >= 15 is 0 Å². The summed E-state index contributed by atoms with van der Waals surface area (Å²) in [6, 6.07) is 2.08. The minimum absolute atomic E-state index is 0.523. The lowest BCUT2D eigenvalue weighted by atomic mass is 10.1. The normalized spacial score (nSPS) is 10.9. The van der Waals surface area contributed by atoms with E-state index in [0.717, 1.165) is 8.12 Å². The third kappa shape index (κ3) is 1.74. The number of hydrogen-bond acceptors (Lipinski definition) is 1. The molecule has 0 saturated carbocycles. The topological polar surface area (TPSA) is 0 Å². The van der Waals surface area contributed by atoms with Crippen molar-refractivity contribution >= 4 is 38.9 Å². The highest BCUT2D eigenvalue weighted by atomic mass is 79.9. The van der Waals surface area contributed by atoms with Crippen molar-refractivity contribution in [3.63, 3.8) is 0 Å². The summed E-state index contributed by atoms with van der Waals surface area (Å²) >= 11 is 10.9. The lowest BCUT2D eigenvalue weighted by Crippen LogP contribution is -1.81. The van der Waals surface area contributed by atoms with Gasteiger partial charge in [-0.1, -0.05) is 25.4 Å². The summed E-state index contributed by atoms with van der Waals surface area (Å²) < 4.78 is 2.02. The third-order valence-corrected chi connectivity index (χ3v) is 3.20. The van der Waals surface area contributed by atoms with Gasteiger partial charge in [0, 0.05) is 0 Å². The maximum atomic E-state index is 5.93. The van der Waals surface area contributed by atoms with E-state index in [4.69, 9.17) is 11.6 Å². The second-order valence-electron chi connectivity index (χ2n) is 2.43. The van der Waals surface area contributed by atoms with Crippen LogP contribution >= 0.6 is 38.9 Å². The molecule has 0 radical (unpaired) electrons. The van der Waals surface area contributed by atoms with Gasteiger partial charge in [-0.2, -0.15) is 0 Å². The molecule has 0 bridgehead atoms. The molecule has 0 amide bonds. The van der Waals surface area contributed by atoms with Gasteiger partial charge >= 0.3 is 0 Å². The second kappa shape index (κ2) is 3.24. The first-order valence-electron chi connectivity index (χ1n) is 3.06. The van der Waals surface area contributed by atoms with Crippen molar-refractivity contribution in [3.8, 4) is 0 Å². The van der Waals surface area contributed by atoms with Gasteiger partial charge in [-0.15, -0.1) is 11.3 Å². The van der Waals surface area contributed by atoms with Gasteiger partial charge in [0.05, 0.1) is 8.12 Å². The zero-order chi connectivity index (χ0) is 7.72. The maximum absolute atomic E-state index is 5.93. The number of hydrogen-bond donors (Lipinski definition) is 0.